The Labute approximate surface area is 159 Å². The molecule has 7 heteroatoms. The van der Waals surface area contributed by atoms with Crippen molar-refractivity contribution in [3.05, 3.63) is 18.2 Å². The fourth-order valence-electron chi connectivity index (χ4n) is 3.53. The molecule has 1 fully saturated rings. The third-order valence-electron chi connectivity index (χ3n) is 5.02. The summed E-state index contributed by atoms with van der Waals surface area (Å²) in [7, 11) is 0. The first-order valence-electron chi connectivity index (χ1n) is 9.73. The van der Waals surface area contributed by atoms with Gasteiger partial charge in [-0.2, -0.15) is 0 Å². The van der Waals surface area contributed by atoms with Crippen LogP contribution in [0.2, 0.25) is 0 Å². The van der Waals surface area contributed by atoms with E-state index in [1.165, 1.54) is 11.3 Å². The summed E-state index contributed by atoms with van der Waals surface area (Å²) in [5, 5.41) is 5.73. The number of amides is 3. The normalized spacial score (nSPS) is 17.1. The molecule has 146 valence electrons. The predicted octanol–water partition coefficient (Wildman–Crippen LogP) is 2.46. The molecule has 0 spiro atoms. The van der Waals surface area contributed by atoms with Crippen molar-refractivity contribution < 1.29 is 19.1 Å². The Morgan fingerprint density at radius 1 is 1.22 bits per heavy atom. The number of fused-ring (bicyclic) bond motifs is 1. The number of hydrogen-bond donors (Lipinski definition) is 2. The van der Waals surface area contributed by atoms with Crippen LogP contribution >= 0.6 is 0 Å². The summed E-state index contributed by atoms with van der Waals surface area (Å²) < 4.78 is 5.47. The van der Waals surface area contributed by atoms with Crippen molar-refractivity contribution in [2.45, 2.75) is 45.4 Å². The number of carbonyl (C=O) groups excluding carboxylic acids is 3. The second-order valence-corrected chi connectivity index (χ2v) is 7.13. The predicted molar refractivity (Wildman–Crippen MR) is 103 cm³/mol. The van der Waals surface area contributed by atoms with E-state index >= 15 is 0 Å². The van der Waals surface area contributed by atoms with E-state index in [1.54, 1.807) is 18.2 Å². The summed E-state index contributed by atoms with van der Waals surface area (Å²) >= 11 is 0. The van der Waals surface area contributed by atoms with E-state index in [0.717, 1.165) is 32.1 Å². The Hall–Kier alpha value is -2.57. The minimum Gasteiger partial charge on any atom is -0.482 e. The van der Waals surface area contributed by atoms with Gasteiger partial charge in [0.25, 0.3) is 5.91 Å². The summed E-state index contributed by atoms with van der Waals surface area (Å²) in [4.78, 5) is 38.3. The van der Waals surface area contributed by atoms with Gasteiger partial charge in [-0.25, -0.2) is 0 Å². The van der Waals surface area contributed by atoms with Gasteiger partial charge in [-0.1, -0.05) is 26.2 Å². The van der Waals surface area contributed by atoms with Crippen molar-refractivity contribution in [2.24, 2.45) is 5.92 Å². The van der Waals surface area contributed by atoms with Gasteiger partial charge >= 0.3 is 0 Å². The topological polar surface area (TPSA) is 87.7 Å². The highest BCUT2D eigenvalue weighted by molar-refractivity contribution is 6.03. The molecule has 1 heterocycles. The van der Waals surface area contributed by atoms with E-state index in [4.69, 9.17) is 4.74 Å². The summed E-state index contributed by atoms with van der Waals surface area (Å²) in [5.74, 6) is 0.113. The lowest BCUT2D eigenvalue weighted by Gasteiger charge is -2.29. The van der Waals surface area contributed by atoms with Crippen LogP contribution < -0.4 is 20.3 Å². The number of benzene rings is 1. The summed E-state index contributed by atoms with van der Waals surface area (Å²) in [5.41, 5.74) is 1.13. The first-order chi connectivity index (χ1) is 13.1. The zero-order chi connectivity index (χ0) is 19.2. The molecule has 0 atom stereocenters. The number of carbonyl (C=O) groups is 3. The van der Waals surface area contributed by atoms with Gasteiger partial charge in [-0.15, -0.1) is 0 Å². The van der Waals surface area contributed by atoms with Crippen LogP contribution in [0, 0.1) is 5.92 Å². The van der Waals surface area contributed by atoms with Crippen LogP contribution in [0.4, 0.5) is 11.4 Å². The Balaban J connectivity index is 1.73. The number of rotatable bonds is 6. The molecule has 0 radical (unpaired) electrons. The molecule has 0 unspecified atom stereocenters. The van der Waals surface area contributed by atoms with Gasteiger partial charge in [0.05, 0.1) is 5.69 Å². The van der Waals surface area contributed by atoms with Crippen molar-refractivity contribution in [3.8, 4) is 5.75 Å². The number of anilines is 2. The molecule has 3 rings (SSSR count). The monoisotopic (exact) mass is 373 g/mol. The van der Waals surface area contributed by atoms with Crippen molar-refractivity contribution in [2.75, 3.05) is 29.9 Å². The molecule has 7 nitrogen and oxygen atoms in total. The molecule has 1 aromatic rings. The highest BCUT2D eigenvalue weighted by Crippen LogP contribution is 2.35. The molecular weight excluding hydrogens is 346 g/mol. The fraction of sp³-hybridized carbons (Fsp3) is 0.550. The van der Waals surface area contributed by atoms with E-state index in [0.29, 0.717) is 23.7 Å². The Morgan fingerprint density at radius 2 is 2.00 bits per heavy atom. The Kier molecular flexibility index (Phi) is 6.32. The lowest BCUT2D eigenvalue weighted by Crippen LogP contribution is -2.45. The summed E-state index contributed by atoms with van der Waals surface area (Å²) in [6.45, 7) is 2.38. The van der Waals surface area contributed by atoms with Crippen LogP contribution in [-0.2, 0) is 14.4 Å². The van der Waals surface area contributed by atoms with E-state index in [1.807, 2.05) is 6.92 Å². The lowest BCUT2D eigenvalue weighted by molar-refractivity contribution is -0.125. The maximum Gasteiger partial charge on any atom is 0.265 e. The van der Waals surface area contributed by atoms with Crippen LogP contribution in [0.1, 0.15) is 45.4 Å². The molecule has 2 aliphatic rings. The number of nitrogens with zero attached hydrogens (tertiary/aromatic N) is 1. The number of hydrogen-bond acceptors (Lipinski definition) is 4. The summed E-state index contributed by atoms with van der Waals surface area (Å²) in [6, 6.07) is 5.21. The molecule has 0 aromatic heterocycles. The second kappa shape index (κ2) is 8.88. The minimum absolute atomic E-state index is 0.0185. The second-order valence-electron chi connectivity index (χ2n) is 7.13. The zero-order valence-corrected chi connectivity index (χ0v) is 15.8. The molecule has 2 N–H and O–H groups in total. The largest absolute Gasteiger partial charge is 0.482 e. The molecule has 0 bridgehead atoms. The third-order valence-corrected chi connectivity index (χ3v) is 5.02. The minimum atomic E-state index is -0.273. The van der Waals surface area contributed by atoms with Crippen molar-refractivity contribution >= 4 is 29.1 Å². The molecule has 1 saturated carbocycles. The Bertz CT molecular complexity index is 713. The highest BCUT2D eigenvalue weighted by atomic mass is 16.5. The van der Waals surface area contributed by atoms with Gasteiger partial charge in [0.15, 0.2) is 6.61 Å². The molecule has 1 aliphatic heterocycles. The first kappa shape index (κ1) is 19.2. The smallest absolute Gasteiger partial charge is 0.265 e. The maximum absolute atomic E-state index is 12.5. The third kappa shape index (κ3) is 4.78. The van der Waals surface area contributed by atoms with Crippen LogP contribution in [0.3, 0.4) is 0 Å². The highest BCUT2D eigenvalue weighted by Gasteiger charge is 2.28. The fourth-order valence-corrected chi connectivity index (χ4v) is 3.53. The van der Waals surface area contributed by atoms with E-state index in [2.05, 4.69) is 10.6 Å². The maximum atomic E-state index is 12.5. The zero-order valence-electron chi connectivity index (χ0n) is 15.8. The molecule has 1 aliphatic carbocycles. The SMILES string of the molecule is CCCNC(=O)CN1C(=O)COc2ccc(NC(=O)C3CCCCC3)cc21. The van der Waals surface area contributed by atoms with Gasteiger partial charge in [0.2, 0.25) is 11.8 Å². The molecule has 3 amide bonds. The average Bonchev–Trinajstić information content (AvgIpc) is 2.69. The quantitative estimate of drug-likeness (QED) is 0.802. The van der Waals surface area contributed by atoms with Crippen LogP contribution in [0.25, 0.3) is 0 Å². The standard InChI is InChI=1S/C20H27N3O4/c1-2-10-21-18(24)12-23-16-11-15(8-9-17(16)27-13-19(23)25)22-20(26)14-6-4-3-5-7-14/h8-9,11,14H,2-7,10,12-13H2,1H3,(H,21,24)(H,22,26). The van der Waals surface area contributed by atoms with Crippen LogP contribution in [0.5, 0.6) is 5.75 Å². The molecular formula is C20H27N3O4. The van der Waals surface area contributed by atoms with Gasteiger partial charge in [-0.05, 0) is 37.5 Å². The van der Waals surface area contributed by atoms with Crippen molar-refractivity contribution in [1.82, 2.24) is 5.32 Å². The number of nitrogens with one attached hydrogen (secondary N) is 2. The van der Waals surface area contributed by atoms with E-state index < -0.39 is 0 Å². The van der Waals surface area contributed by atoms with Gasteiger partial charge in [-0.3, -0.25) is 19.3 Å². The van der Waals surface area contributed by atoms with Crippen molar-refractivity contribution in [3.63, 3.8) is 0 Å². The molecule has 1 aromatic carbocycles. The van der Waals surface area contributed by atoms with Crippen LogP contribution in [-0.4, -0.2) is 37.4 Å². The lowest BCUT2D eigenvalue weighted by atomic mass is 9.88. The van der Waals surface area contributed by atoms with Gasteiger partial charge in [0.1, 0.15) is 12.3 Å². The Morgan fingerprint density at radius 3 is 2.74 bits per heavy atom. The van der Waals surface area contributed by atoms with E-state index in [-0.39, 0.29) is 36.8 Å². The molecule has 0 saturated heterocycles. The molecule has 27 heavy (non-hydrogen) atoms. The van der Waals surface area contributed by atoms with Crippen molar-refractivity contribution in [1.29, 1.82) is 0 Å². The summed E-state index contributed by atoms with van der Waals surface area (Å²) in [6.07, 6.45) is 6.04. The van der Waals surface area contributed by atoms with Gasteiger partial charge in [0, 0.05) is 18.2 Å². The van der Waals surface area contributed by atoms with E-state index in [9.17, 15) is 14.4 Å². The first-order valence-corrected chi connectivity index (χ1v) is 9.73. The average molecular weight is 373 g/mol. The van der Waals surface area contributed by atoms with Crippen LogP contribution in [0.15, 0.2) is 18.2 Å². The number of ether oxygens (including phenoxy) is 1. The van der Waals surface area contributed by atoms with Gasteiger partial charge < -0.3 is 15.4 Å².